The fraction of sp³-hybridized carbons (Fsp3) is 0.923. The molecule has 0 aromatic rings. The number of ether oxygens (including phenoxy) is 1. The molecule has 1 rings (SSSR count). The molecule has 1 amide bonds. The lowest BCUT2D eigenvalue weighted by Crippen LogP contribution is -2.47. The molecule has 106 valence electrons. The average molecular weight is 258 g/mol. The van der Waals surface area contributed by atoms with Crippen LogP contribution < -0.4 is 5.32 Å². The lowest BCUT2D eigenvalue weighted by Gasteiger charge is -2.29. The fourth-order valence-corrected chi connectivity index (χ4v) is 2.31. The van der Waals surface area contributed by atoms with E-state index >= 15 is 0 Å². The Morgan fingerprint density at radius 1 is 1.44 bits per heavy atom. The normalized spacial score (nSPS) is 19.9. The largest absolute Gasteiger partial charge is 0.389 e. The first-order chi connectivity index (χ1) is 8.41. The predicted octanol–water partition coefficient (Wildman–Crippen LogP) is 0.232. The molecule has 0 spiro atoms. The Hall–Kier alpha value is -0.650. The van der Waals surface area contributed by atoms with E-state index in [0.717, 1.165) is 6.42 Å². The number of carbonyl (C=O) groups is 1. The highest BCUT2D eigenvalue weighted by Gasteiger charge is 2.22. The minimum Gasteiger partial charge on any atom is -0.389 e. The molecular weight excluding hydrogens is 232 g/mol. The van der Waals surface area contributed by atoms with Crippen LogP contribution in [-0.2, 0) is 9.53 Å². The Labute approximate surface area is 109 Å². The van der Waals surface area contributed by atoms with Crippen LogP contribution in [0, 0.1) is 5.92 Å². The number of amides is 1. The van der Waals surface area contributed by atoms with E-state index in [9.17, 15) is 9.90 Å². The van der Waals surface area contributed by atoms with Gasteiger partial charge in [-0.3, -0.25) is 4.79 Å². The van der Waals surface area contributed by atoms with Gasteiger partial charge in [-0.05, 0) is 19.3 Å². The van der Waals surface area contributed by atoms with Gasteiger partial charge in [0, 0.05) is 19.6 Å². The smallest absolute Gasteiger partial charge is 0.236 e. The van der Waals surface area contributed by atoms with Crippen LogP contribution in [0.15, 0.2) is 0 Å². The lowest BCUT2D eigenvalue weighted by atomic mass is 9.94. The highest BCUT2D eigenvalue weighted by atomic mass is 16.5. The molecule has 5 heteroatoms. The summed E-state index contributed by atoms with van der Waals surface area (Å²) in [6.07, 6.45) is 0.728. The van der Waals surface area contributed by atoms with Gasteiger partial charge in [-0.1, -0.05) is 13.8 Å². The van der Waals surface area contributed by atoms with Crippen molar-refractivity contribution in [1.82, 2.24) is 10.2 Å². The van der Waals surface area contributed by atoms with Gasteiger partial charge in [-0.15, -0.1) is 0 Å². The van der Waals surface area contributed by atoms with E-state index in [-0.39, 0.29) is 12.5 Å². The summed E-state index contributed by atoms with van der Waals surface area (Å²) in [4.78, 5) is 13.6. The highest BCUT2D eigenvalue weighted by Crippen LogP contribution is 2.14. The Kier molecular flexibility index (Phi) is 6.05. The van der Waals surface area contributed by atoms with Crippen LogP contribution in [0.2, 0.25) is 0 Å². The van der Waals surface area contributed by atoms with E-state index in [2.05, 4.69) is 19.2 Å². The monoisotopic (exact) mass is 258 g/mol. The molecule has 1 heterocycles. The van der Waals surface area contributed by atoms with E-state index in [1.54, 1.807) is 11.8 Å². The highest BCUT2D eigenvalue weighted by molar-refractivity contribution is 5.78. The van der Waals surface area contributed by atoms with Crippen LogP contribution in [0.25, 0.3) is 0 Å². The van der Waals surface area contributed by atoms with Crippen LogP contribution >= 0.6 is 0 Å². The maximum absolute atomic E-state index is 11.8. The van der Waals surface area contributed by atoms with Crippen molar-refractivity contribution in [3.63, 3.8) is 0 Å². The second-order valence-electron chi connectivity index (χ2n) is 5.69. The van der Waals surface area contributed by atoms with Crippen molar-refractivity contribution in [3.8, 4) is 0 Å². The van der Waals surface area contributed by atoms with Crippen molar-refractivity contribution in [1.29, 1.82) is 0 Å². The third-order valence-electron chi connectivity index (χ3n) is 2.99. The summed E-state index contributed by atoms with van der Waals surface area (Å²) < 4.78 is 5.20. The van der Waals surface area contributed by atoms with Gasteiger partial charge in [0.15, 0.2) is 0 Å². The summed E-state index contributed by atoms with van der Waals surface area (Å²) >= 11 is 0. The molecule has 1 fully saturated rings. The Morgan fingerprint density at radius 2 is 2.06 bits per heavy atom. The van der Waals surface area contributed by atoms with Gasteiger partial charge < -0.3 is 20.1 Å². The van der Waals surface area contributed by atoms with Crippen molar-refractivity contribution in [2.75, 3.05) is 39.4 Å². The van der Waals surface area contributed by atoms with Gasteiger partial charge in [0.05, 0.1) is 25.4 Å². The first-order valence-electron chi connectivity index (χ1n) is 6.69. The van der Waals surface area contributed by atoms with Gasteiger partial charge in [-0.2, -0.15) is 0 Å². The van der Waals surface area contributed by atoms with Crippen molar-refractivity contribution in [3.05, 3.63) is 0 Å². The van der Waals surface area contributed by atoms with Crippen LogP contribution in [0.1, 0.15) is 27.2 Å². The standard InChI is InChI=1S/C13H26N2O3/c1-11(2)8-13(3,17)10-14-9-12(16)15-4-6-18-7-5-15/h11,14,17H,4-10H2,1-3H3. The molecule has 0 bridgehead atoms. The second-order valence-corrected chi connectivity index (χ2v) is 5.69. The van der Waals surface area contributed by atoms with Gasteiger partial charge >= 0.3 is 0 Å². The molecule has 0 saturated carbocycles. The quantitative estimate of drug-likeness (QED) is 0.716. The molecule has 0 aromatic carbocycles. The number of morpholine rings is 1. The Balaban J connectivity index is 2.21. The first kappa shape index (κ1) is 15.4. The third-order valence-corrected chi connectivity index (χ3v) is 2.99. The molecule has 5 nitrogen and oxygen atoms in total. The fourth-order valence-electron chi connectivity index (χ4n) is 2.31. The molecule has 1 aliphatic heterocycles. The Morgan fingerprint density at radius 3 is 2.61 bits per heavy atom. The first-order valence-corrected chi connectivity index (χ1v) is 6.69. The zero-order chi connectivity index (χ0) is 13.6. The molecule has 1 aliphatic rings. The molecule has 0 radical (unpaired) electrons. The zero-order valence-corrected chi connectivity index (χ0v) is 11.7. The molecule has 1 unspecified atom stereocenters. The van der Waals surface area contributed by atoms with Gasteiger partial charge in [0.1, 0.15) is 0 Å². The van der Waals surface area contributed by atoms with Crippen molar-refractivity contribution in [2.45, 2.75) is 32.8 Å². The third kappa shape index (κ3) is 5.80. The molecule has 1 saturated heterocycles. The van der Waals surface area contributed by atoms with Crippen molar-refractivity contribution >= 4 is 5.91 Å². The van der Waals surface area contributed by atoms with E-state index in [1.807, 2.05) is 0 Å². The van der Waals surface area contributed by atoms with E-state index in [0.29, 0.717) is 38.8 Å². The minimum atomic E-state index is -0.751. The molecule has 1 atom stereocenters. The number of aliphatic hydroxyl groups is 1. The number of hydrogen-bond donors (Lipinski definition) is 2. The zero-order valence-electron chi connectivity index (χ0n) is 11.7. The number of carbonyl (C=O) groups excluding carboxylic acids is 1. The van der Waals surface area contributed by atoms with E-state index in [4.69, 9.17) is 4.74 Å². The van der Waals surface area contributed by atoms with E-state index in [1.165, 1.54) is 0 Å². The van der Waals surface area contributed by atoms with Crippen LogP contribution in [-0.4, -0.2) is 60.9 Å². The molecular formula is C13H26N2O3. The van der Waals surface area contributed by atoms with E-state index < -0.39 is 5.60 Å². The summed E-state index contributed by atoms with van der Waals surface area (Å²) in [7, 11) is 0. The van der Waals surface area contributed by atoms with Crippen LogP contribution in [0.4, 0.5) is 0 Å². The SMILES string of the molecule is CC(C)CC(C)(O)CNCC(=O)N1CCOCC1. The average Bonchev–Trinajstić information content (AvgIpc) is 2.28. The molecule has 0 aromatic heterocycles. The van der Waals surface area contributed by atoms with Gasteiger partial charge in [-0.25, -0.2) is 0 Å². The lowest BCUT2D eigenvalue weighted by molar-refractivity contribution is -0.134. The maximum atomic E-state index is 11.8. The summed E-state index contributed by atoms with van der Waals surface area (Å²) in [6, 6.07) is 0. The molecule has 2 N–H and O–H groups in total. The summed E-state index contributed by atoms with van der Waals surface area (Å²) in [5.74, 6) is 0.524. The second kappa shape index (κ2) is 7.07. The molecule has 18 heavy (non-hydrogen) atoms. The number of nitrogens with zero attached hydrogens (tertiary/aromatic N) is 1. The summed E-state index contributed by atoms with van der Waals surface area (Å²) in [6.45, 7) is 9.27. The van der Waals surface area contributed by atoms with Crippen LogP contribution in [0.3, 0.4) is 0 Å². The topological polar surface area (TPSA) is 61.8 Å². The minimum absolute atomic E-state index is 0.0821. The molecule has 0 aliphatic carbocycles. The predicted molar refractivity (Wildman–Crippen MR) is 70.3 cm³/mol. The van der Waals surface area contributed by atoms with Crippen LogP contribution in [0.5, 0.6) is 0 Å². The number of nitrogens with one attached hydrogen (secondary N) is 1. The number of rotatable bonds is 6. The summed E-state index contributed by atoms with van der Waals surface area (Å²) in [5, 5.41) is 13.1. The van der Waals surface area contributed by atoms with Crippen molar-refractivity contribution in [2.24, 2.45) is 5.92 Å². The van der Waals surface area contributed by atoms with Gasteiger partial charge in [0.2, 0.25) is 5.91 Å². The number of hydrogen-bond acceptors (Lipinski definition) is 4. The van der Waals surface area contributed by atoms with Gasteiger partial charge in [0.25, 0.3) is 0 Å². The van der Waals surface area contributed by atoms with Crippen molar-refractivity contribution < 1.29 is 14.6 Å². The maximum Gasteiger partial charge on any atom is 0.236 e. The summed E-state index contributed by atoms with van der Waals surface area (Å²) in [5.41, 5.74) is -0.751. The Bertz CT molecular complexity index is 261.